The van der Waals surface area contributed by atoms with Gasteiger partial charge in [0.15, 0.2) is 5.78 Å². The van der Waals surface area contributed by atoms with Crippen molar-refractivity contribution in [3.05, 3.63) is 10.6 Å². The molecule has 1 fully saturated rings. The quantitative estimate of drug-likeness (QED) is 0.314. The number of carbonyl (C=O) groups is 2. The molecular formula is C13H19N3O3S. The molecule has 6 nitrogen and oxygen atoms in total. The second kappa shape index (κ2) is 5.97. The van der Waals surface area contributed by atoms with E-state index in [9.17, 15) is 14.7 Å². The van der Waals surface area contributed by atoms with Crippen molar-refractivity contribution in [2.24, 2.45) is 16.6 Å². The first-order chi connectivity index (χ1) is 9.49. The molecule has 1 amide bonds. The predicted octanol–water partition coefficient (Wildman–Crippen LogP) is 0.119. The normalized spacial score (nSPS) is 26.9. The average molecular weight is 297 g/mol. The van der Waals surface area contributed by atoms with Gasteiger partial charge in [-0.2, -0.15) is 0 Å². The number of allylic oxidation sites excluding steroid dienone is 1. The second-order valence-electron chi connectivity index (χ2n) is 4.98. The fourth-order valence-corrected chi connectivity index (χ4v) is 3.91. The lowest BCUT2D eigenvalue weighted by Crippen LogP contribution is -2.61. The van der Waals surface area contributed by atoms with Crippen LogP contribution >= 0.6 is 11.8 Å². The Morgan fingerprint density at radius 3 is 2.95 bits per heavy atom. The lowest BCUT2D eigenvalue weighted by Gasteiger charge is -2.44. The van der Waals surface area contributed by atoms with Crippen molar-refractivity contribution in [3.8, 4) is 0 Å². The number of ketones is 1. The first-order valence-electron chi connectivity index (χ1n) is 6.57. The third-order valence-corrected chi connectivity index (χ3v) is 4.72. The van der Waals surface area contributed by atoms with Crippen LogP contribution in [0.25, 0.3) is 0 Å². The monoisotopic (exact) mass is 297 g/mol. The van der Waals surface area contributed by atoms with Gasteiger partial charge in [-0.1, -0.05) is 0 Å². The fourth-order valence-electron chi connectivity index (χ4n) is 2.80. The maximum atomic E-state index is 12.1. The Labute approximate surface area is 122 Å². The molecule has 0 saturated carbocycles. The van der Waals surface area contributed by atoms with E-state index in [0.717, 1.165) is 4.91 Å². The number of aliphatic hydroxyl groups is 1. The summed E-state index contributed by atoms with van der Waals surface area (Å²) in [7, 11) is 0. The summed E-state index contributed by atoms with van der Waals surface area (Å²) in [6.45, 7) is 3.67. The number of aliphatic imine (C=N–C) groups is 1. The number of amides is 1. The number of aliphatic hydroxyl groups excluding tert-OH is 1. The molecule has 0 aliphatic carbocycles. The van der Waals surface area contributed by atoms with E-state index in [1.165, 1.54) is 25.0 Å². The summed E-state index contributed by atoms with van der Waals surface area (Å²) in [6, 6.07) is -0.0677. The van der Waals surface area contributed by atoms with Crippen LogP contribution in [0.2, 0.25) is 0 Å². The van der Waals surface area contributed by atoms with Gasteiger partial charge in [-0.25, -0.2) is 0 Å². The number of carbonyl (C=O) groups excluding carboxylic acids is 2. The number of hydrogen-bond donors (Lipinski definition) is 2. The van der Waals surface area contributed by atoms with Crippen LogP contribution in [0.5, 0.6) is 0 Å². The zero-order valence-corrected chi connectivity index (χ0v) is 12.4. The first-order valence-corrected chi connectivity index (χ1v) is 7.55. The molecule has 20 heavy (non-hydrogen) atoms. The number of nitrogens with zero attached hydrogens (tertiary/aromatic N) is 2. The van der Waals surface area contributed by atoms with Crippen molar-refractivity contribution < 1.29 is 14.7 Å². The number of hydrogen-bond acceptors (Lipinski definition) is 5. The van der Waals surface area contributed by atoms with E-state index >= 15 is 0 Å². The van der Waals surface area contributed by atoms with Gasteiger partial charge in [-0.15, -0.1) is 11.8 Å². The number of fused-ring (bicyclic) bond motifs is 1. The number of rotatable bonds is 6. The van der Waals surface area contributed by atoms with Gasteiger partial charge < -0.3 is 15.7 Å². The van der Waals surface area contributed by atoms with Crippen molar-refractivity contribution in [3.63, 3.8) is 0 Å². The van der Waals surface area contributed by atoms with Crippen molar-refractivity contribution in [2.75, 3.05) is 12.3 Å². The zero-order valence-electron chi connectivity index (χ0n) is 11.6. The largest absolute Gasteiger partial charge is 0.393 e. The third kappa shape index (κ3) is 2.47. The smallest absolute Gasteiger partial charge is 0.235 e. The van der Waals surface area contributed by atoms with Crippen LogP contribution in [0.1, 0.15) is 20.3 Å². The fraction of sp³-hybridized carbons (Fsp3) is 0.615. The van der Waals surface area contributed by atoms with E-state index in [0.29, 0.717) is 24.4 Å². The SMILES string of the molecule is CC(=O)C1=C(SCCN=CN)C[C@@H]2[C@@H]([C@@H](C)O)C(=O)N12. The summed E-state index contributed by atoms with van der Waals surface area (Å²) >= 11 is 1.54. The third-order valence-electron chi connectivity index (χ3n) is 3.62. The average Bonchev–Trinajstić information content (AvgIpc) is 2.69. The van der Waals surface area contributed by atoms with Crippen LogP contribution in [0, 0.1) is 5.92 Å². The highest BCUT2D eigenvalue weighted by molar-refractivity contribution is 8.03. The van der Waals surface area contributed by atoms with Gasteiger partial charge >= 0.3 is 0 Å². The summed E-state index contributed by atoms with van der Waals surface area (Å²) in [5.74, 6) is 0.0819. The standard InChI is InChI=1S/C13H19N3O3S/c1-7(17)11-9-5-10(20-4-3-15-6-14)12(8(2)18)16(9)13(11)19/h6-7,9,11,17H,3-5H2,1-2H3,(H2,14,15)/t7-,9-,11-/m1/s1. The second-order valence-corrected chi connectivity index (χ2v) is 6.17. The zero-order chi connectivity index (χ0) is 14.9. The van der Waals surface area contributed by atoms with Crippen LogP contribution < -0.4 is 5.73 Å². The molecule has 0 bridgehead atoms. The highest BCUT2D eigenvalue weighted by atomic mass is 32.2. The number of Topliss-reactive ketones (excluding diaryl/α,β-unsaturated/α-hetero) is 1. The summed E-state index contributed by atoms with van der Waals surface area (Å²) in [5, 5.41) is 9.66. The molecule has 3 atom stereocenters. The molecule has 3 N–H and O–H groups in total. The molecule has 0 aromatic rings. The van der Waals surface area contributed by atoms with E-state index in [1.54, 1.807) is 11.8 Å². The minimum absolute atomic E-state index is 0.0677. The molecule has 2 heterocycles. The van der Waals surface area contributed by atoms with E-state index in [1.807, 2.05) is 0 Å². The molecule has 0 aromatic heterocycles. The van der Waals surface area contributed by atoms with Gasteiger partial charge in [0, 0.05) is 24.0 Å². The van der Waals surface area contributed by atoms with Gasteiger partial charge in [0.2, 0.25) is 5.91 Å². The lowest BCUT2D eigenvalue weighted by molar-refractivity contribution is -0.158. The molecule has 7 heteroatoms. The minimum Gasteiger partial charge on any atom is -0.393 e. The highest BCUT2D eigenvalue weighted by Gasteiger charge is 2.55. The van der Waals surface area contributed by atoms with Crippen molar-refractivity contribution in [1.29, 1.82) is 0 Å². The summed E-state index contributed by atoms with van der Waals surface area (Å²) in [4.78, 5) is 30.2. The Bertz CT molecular complexity index is 487. The molecule has 2 aliphatic heterocycles. The molecule has 2 rings (SSSR count). The van der Waals surface area contributed by atoms with Gasteiger partial charge in [-0.3, -0.25) is 14.6 Å². The maximum absolute atomic E-state index is 12.1. The predicted molar refractivity (Wildman–Crippen MR) is 78.1 cm³/mol. The van der Waals surface area contributed by atoms with E-state index in [-0.39, 0.29) is 23.7 Å². The van der Waals surface area contributed by atoms with Gasteiger partial charge in [0.25, 0.3) is 0 Å². The van der Waals surface area contributed by atoms with Crippen LogP contribution in [0.15, 0.2) is 15.6 Å². The Morgan fingerprint density at radius 2 is 2.40 bits per heavy atom. The van der Waals surface area contributed by atoms with Crippen LogP contribution in [-0.2, 0) is 9.59 Å². The van der Waals surface area contributed by atoms with E-state index < -0.39 is 6.10 Å². The summed E-state index contributed by atoms with van der Waals surface area (Å²) in [6.07, 6.45) is 1.23. The molecule has 0 unspecified atom stereocenters. The Kier molecular flexibility index (Phi) is 4.49. The number of nitrogens with two attached hydrogens (primary N) is 1. The van der Waals surface area contributed by atoms with Crippen molar-refractivity contribution in [1.82, 2.24) is 4.90 Å². The molecule has 0 radical (unpaired) electrons. The molecule has 1 saturated heterocycles. The molecular weight excluding hydrogens is 278 g/mol. The number of β-lactam (4-membered cyclic amide) rings is 1. The molecule has 2 aliphatic rings. The van der Waals surface area contributed by atoms with Gasteiger partial charge in [0.05, 0.1) is 36.6 Å². The maximum Gasteiger partial charge on any atom is 0.235 e. The van der Waals surface area contributed by atoms with Crippen LogP contribution in [0.4, 0.5) is 0 Å². The van der Waals surface area contributed by atoms with Crippen LogP contribution in [0.3, 0.4) is 0 Å². The Morgan fingerprint density at radius 1 is 1.70 bits per heavy atom. The van der Waals surface area contributed by atoms with Gasteiger partial charge in [-0.05, 0) is 6.92 Å². The molecule has 110 valence electrons. The van der Waals surface area contributed by atoms with E-state index in [4.69, 9.17) is 5.73 Å². The minimum atomic E-state index is -0.678. The summed E-state index contributed by atoms with van der Waals surface area (Å²) < 4.78 is 0. The number of thioether (sulfide) groups is 1. The van der Waals surface area contributed by atoms with Crippen LogP contribution in [-0.4, -0.2) is 52.5 Å². The van der Waals surface area contributed by atoms with Gasteiger partial charge in [0.1, 0.15) is 0 Å². The van der Waals surface area contributed by atoms with E-state index in [2.05, 4.69) is 4.99 Å². The summed E-state index contributed by atoms with van der Waals surface area (Å²) in [5.41, 5.74) is 5.67. The lowest BCUT2D eigenvalue weighted by atomic mass is 9.83. The Hall–Kier alpha value is -1.34. The topological polar surface area (TPSA) is 96.0 Å². The van der Waals surface area contributed by atoms with Crippen molar-refractivity contribution in [2.45, 2.75) is 32.4 Å². The highest BCUT2D eigenvalue weighted by Crippen LogP contribution is 2.47. The van der Waals surface area contributed by atoms with Crippen molar-refractivity contribution >= 4 is 29.8 Å². The molecule has 0 aromatic carbocycles. The Balaban J connectivity index is 2.11. The molecule has 0 spiro atoms. The first kappa shape index (κ1) is 15.1.